The van der Waals surface area contributed by atoms with E-state index in [0.29, 0.717) is 5.82 Å². The highest BCUT2D eigenvalue weighted by molar-refractivity contribution is 6.27. The van der Waals surface area contributed by atoms with Gasteiger partial charge in [-0.2, -0.15) is 0 Å². The van der Waals surface area contributed by atoms with Crippen LogP contribution in [-0.4, -0.2) is 15.0 Å². The van der Waals surface area contributed by atoms with Gasteiger partial charge in [-0.15, -0.1) is 0 Å². The Hall–Kier alpha value is -9.25. The lowest BCUT2D eigenvalue weighted by Gasteiger charge is -2.16. The van der Waals surface area contributed by atoms with Crippen molar-refractivity contribution >= 4 is 43.6 Å². The first-order chi connectivity index (χ1) is 34.2. The molecule has 13 rings (SSSR count). The number of rotatable bonds is 8. The number of hydrogen-bond donors (Lipinski definition) is 0. The number of para-hydroxylation sites is 2. The molecule has 0 aliphatic heterocycles. The van der Waals surface area contributed by atoms with Gasteiger partial charge < -0.3 is 4.42 Å². The quantitative estimate of drug-likeness (QED) is 0.143. The van der Waals surface area contributed by atoms with E-state index in [0.717, 1.165) is 127 Å². The monoisotopic (exact) mass is 879 g/mol. The molecule has 0 N–H and O–H groups in total. The first-order valence-electron chi connectivity index (χ1n) is 23.3. The molecular weight excluding hydrogens is 839 g/mol. The van der Waals surface area contributed by atoms with Gasteiger partial charge in [0.05, 0.1) is 22.6 Å². The lowest BCUT2D eigenvalue weighted by Crippen LogP contribution is -1.96. The van der Waals surface area contributed by atoms with E-state index in [2.05, 4.69) is 224 Å². The Bertz CT molecular complexity index is 3950. The van der Waals surface area contributed by atoms with Crippen molar-refractivity contribution in [3.8, 4) is 89.7 Å². The summed E-state index contributed by atoms with van der Waals surface area (Å²) in [6.07, 6.45) is 0. The molecule has 0 fully saturated rings. The summed E-state index contributed by atoms with van der Waals surface area (Å²) in [4.78, 5) is 15.9. The molecule has 0 amide bonds. The zero-order valence-electron chi connectivity index (χ0n) is 37.4. The van der Waals surface area contributed by atoms with Gasteiger partial charge in [-0.3, -0.25) is 0 Å². The van der Waals surface area contributed by atoms with Crippen LogP contribution in [-0.2, 0) is 0 Å². The van der Waals surface area contributed by atoms with Gasteiger partial charge in [-0.1, -0.05) is 206 Å². The summed E-state index contributed by atoms with van der Waals surface area (Å²) >= 11 is 0. The van der Waals surface area contributed by atoms with E-state index in [1.807, 2.05) is 24.3 Å². The Morgan fingerprint density at radius 3 is 1.35 bits per heavy atom. The summed E-state index contributed by atoms with van der Waals surface area (Å²) in [5, 5.41) is 5.50. The average molecular weight is 880 g/mol. The molecule has 0 saturated carbocycles. The molecule has 0 spiro atoms. The summed E-state index contributed by atoms with van der Waals surface area (Å²) in [7, 11) is 0. The molecule has 10 aromatic carbocycles. The molecule has 0 unspecified atom stereocenters. The third-order valence-electron chi connectivity index (χ3n) is 13.3. The van der Waals surface area contributed by atoms with Crippen molar-refractivity contribution < 1.29 is 4.42 Å². The van der Waals surface area contributed by atoms with Crippen molar-refractivity contribution in [1.82, 2.24) is 15.0 Å². The van der Waals surface area contributed by atoms with Gasteiger partial charge >= 0.3 is 0 Å². The zero-order valence-corrected chi connectivity index (χ0v) is 37.4. The Morgan fingerprint density at radius 1 is 0.261 bits per heavy atom. The summed E-state index contributed by atoms with van der Waals surface area (Å²) in [5.41, 5.74) is 18.4. The molecule has 4 heteroatoms. The van der Waals surface area contributed by atoms with E-state index >= 15 is 0 Å². The van der Waals surface area contributed by atoms with Crippen molar-refractivity contribution in [2.24, 2.45) is 0 Å². The summed E-state index contributed by atoms with van der Waals surface area (Å²) in [5.74, 6) is 0.663. The molecule has 0 aliphatic carbocycles. The normalized spacial score (nSPS) is 11.5. The molecule has 322 valence electrons. The zero-order chi connectivity index (χ0) is 45.7. The van der Waals surface area contributed by atoms with Gasteiger partial charge in [-0.25, -0.2) is 15.0 Å². The molecule has 0 saturated heterocycles. The molecule has 0 bridgehead atoms. The van der Waals surface area contributed by atoms with Crippen LogP contribution in [0.5, 0.6) is 0 Å². The van der Waals surface area contributed by atoms with E-state index in [4.69, 9.17) is 19.4 Å². The summed E-state index contributed by atoms with van der Waals surface area (Å²) in [6.45, 7) is 0. The van der Waals surface area contributed by atoms with Gasteiger partial charge in [-0.05, 0) is 81.4 Å². The Labute approximate surface area is 399 Å². The fourth-order valence-corrected chi connectivity index (χ4v) is 9.94. The molecule has 3 heterocycles. The maximum Gasteiger partial charge on any atom is 0.160 e. The van der Waals surface area contributed by atoms with Crippen LogP contribution in [0, 0.1) is 0 Å². The lowest BCUT2D eigenvalue weighted by molar-refractivity contribution is 0.669. The van der Waals surface area contributed by atoms with Gasteiger partial charge in [0.25, 0.3) is 0 Å². The van der Waals surface area contributed by atoms with E-state index in [1.165, 1.54) is 0 Å². The predicted octanol–water partition coefficient (Wildman–Crippen LogP) is 17.4. The highest BCUT2D eigenvalue weighted by atomic mass is 16.3. The van der Waals surface area contributed by atoms with E-state index in [9.17, 15) is 0 Å². The Morgan fingerprint density at radius 2 is 0.725 bits per heavy atom. The van der Waals surface area contributed by atoms with Crippen molar-refractivity contribution in [1.29, 1.82) is 0 Å². The van der Waals surface area contributed by atoms with Crippen LogP contribution < -0.4 is 0 Å². The maximum atomic E-state index is 6.66. The molecular formula is C65H41N3O. The van der Waals surface area contributed by atoms with Crippen LogP contribution in [0.3, 0.4) is 0 Å². The van der Waals surface area contributed by atoms with Crippen LogP contribution in [0.2, 0.25) is 0 Å². The average Bonchev–Trinajstić information content (AvgIpc) is 3.81. The number of aromatic nitrogens is 3. The van der Waals surface area contributed by atoms with Crippen molar-refractivity contribution in [2.75, 3.05) is 0 Å². The Balaban J connectivity index is 0.949. The lowest BCUT2D eigenvalue weighted by atomic mass is 9.89. The largest absolute Gasteiger partial charge is 0.456 e. The molecule has 4 nitrogen and oxygen atoms in total. The summed E-state index contributed by atoms with van der Waals surface area (Å²) in [6, 6.07) is 87.4. The maximum absolute atomic E-state index is 6.66. The van der Waals surface area contributed by atoms with E-state index < -0.39 is 0 Å². The summed E-state index contributed by atoms with van der Waals surface area (Å²) < 4.78 is 6.66. The standard InChI is InChI=1S/C65H41N3O/c1-4-17-42(18-5-1)47-23-14-26-50(37-47)57-41-58(51-27-15-24-48(38-51)43-19-6-2-7-20-43)68-65(67-57)52-28-16-25-49(39-52)44-33-35-45(36-34-44)61-62-53-29-10-12-31-56(53)66-64(46-21-8-3-9-22-46)55(62)40-60-63(61)54-30-11-13-32-59(54)69-60/h1-41H. The van der Waals surface area contributed by atoms with E-state index in [-0.39, 0.29) is 0 Å². The van der Waals surface area contributed by atoms with Crippen LogP contribution in [0.1, 0.15) is 0 Å². The molecule has 69 heavy (non-hydrogen) atoms. The molecule has 0 aliphatic rings. The second-order valence-electron chi connectivity index (χ2n) is 17.5. The van der Waals surface area contributed by atoms with Gasteiger partial charge in [0.1, 0.15) is 11.2 Å². The number of furan rings is 1. The molecule has 3 aromatic heterocycles. The molecule has 0 atom stereocenters. The molecule has 0 radical (unpaired) electrons. The van der Waals surface area contributed by atoms with Gasteiger partial charge in [0.15, 0.2) is 5.82 Å². The van der Waals surface area contributed by atoms with Crippen LogP contribution in [0.4, 0.5) is 0 Å². The van der Waals surface area contributed by atoms with Gasteiger partial charge in [0, 0.05) is 54.7 Å². The topological polar surface area (TPSA) is 51.8 Å². The van der Waals surface area contributed by atoms with Crippen LogP contribution in [0.25, 0.3) is 133 Å². The van der Waals surface area contributed by atoms with Gasteiger partial charge in [0.2, 0.25) is 0 Å². The SMILES string of the molecule is c1ccc(-c2cccc(-c3cc(-c4cccc(-c5ccccc5)c4)nc(-c4cccc(-c5ccc(-c6c7c(cc8c(-c9ccccc9)nc9ccccc9c68)oc6ccccc67)cc5)c4)n3)c2)cc1. The number of pyridine rings is 1. The number of nitrogens with zero attached hydrogens (tertiary/aromatic N) is 3. The predicted molar refractivity (Wildman–Crippen MR) is 286 cm³/mol. The van der Waals surface area contributed by atoms with E-state index in [1.54, 1.807) is 0 Å². The van der Waals surface area contributed by atoms with Crippen LogP contribution in [0.15, 0.2) is 253 Å². The third kappa shape index (κ3) is 7.32. The minimum absolute atomic E-state index is 0.663. The highest BCUT2D eigenvalue weighted by Gasteiger charge is 2.22. The second-order valence-corrected chi connectivity index (χ2v) is 17.5. The number of fused-ring (bicyclic) bond motifs is 6. The van der Waals surface area contributed by atoms with Crippen LogP contribution >= 0.6 is 0 Å². The smallest absolute Gasteiger partial charge is 0.160 e. The Kier molecular flexibility index (Phi) is 9.80. The number of hydrogen-bond acceptors (Lipinski definition) is 4. The molecule has 13 aromatic rings. The first kappa shape index (κ1) is 40.1. The second kappa shape index (κ2) is 16.9. The highest BCUT2D eigenvalue weighted by Crippen LogP contribution is 2.46. The fourth-order valence-electron chi connectivity index (χ4n) is 9.94. The van der Waals surface area contributed by atoms with Crippen molar-refractivity contribution in [3.63, 3.8) is 0 Å². The van der Waals surface area contributed by atoms with Crippen molar-refractivity contribution in [3.05, 3.63) is 249 Å². The van der Waals surface area contributed by atoms with Crippen molar-refractivity contribution in [2.45, 2.75) is 0 Å². The minimum atomic E-state index is 0.663. The fraction of sp³-hybridized carbons (Fsp3) is 0. The number of benzene rings is 10. The minimum Gasteiger partial charge on any atom is -0.456 e. The first-order valence-corrected chi connectivity index (χ1v) is 23.3. The third-order valence-corrected chi connectivity index (χ3v) is 13.3.